The van der Waals surface area contributed by atoms with Gasteiger partial charge in [-0.2, -0.15) is 0 Å². The van der Waals surface area contributed by atoms with E-state index >= 15 is 0 Å². The summed E-state index contributed by atoms with van der Waals surface area (Å²) in [6, 6.07) is 10.6. The predicted octanol–water partition coefficient (Wildman–Crippen LogP) is 7.38. The molecule has 2 saturated carbocycles. The Morgan fingerprint density at radius 2 is 1.93 bits per heavy atom. The van der Waals surface area contributed by atoms with Crippen molar-refractivity contribution in [1.29, 1.82) is 0 Å². The van der Waals surface area contributed by atoms with Gasteiger partial charge in [0.2, 0.25) is 0 Å². The molecule has 5 nitrogen and oxygen atoms in total. The number of aryl methyl sites for hydroxylation is 1. The van der Waals surface area contributed by atoms with Crippen LogP contribution in [0.5, 0.6) is 0 Å². The zero-order valence-electron chi connectivity index (χ0n) is 28.0. The summed E-state index contributed by atoms with van der Waals surface area (Å²) >= 11 is 0. The summed E-state index contributed by atoms with van der Waals surface area (Å²) in [7, 11) is 0. The van der Waals surface area contributed by atoms with Crippen LogP contribution >= 0.6 is 0 Å². The van der Waals surface area contributed by atoms with Crippen LogP contribution in [0.25, 0.3) is 0 Å². The summed E-state index contributed by atoms with van der Waals surface area (Å²) < 4.78 is 6.10. The van der Waals surface area contributed by atoms with Crippen molar-refractivity contribution in [2.75, 3.05) is 19.8 Å². The van der Waals surface area contributed by atoms with Crippen molar-refractivity contribution in [1.82, 2.24) is 0 Å². The van der Waals surface area contributed by atoms with E-state index in [4.69, 9.17) is 4.74 Å². The Morgan fingerprint density at radius 3 is 2.70 bits per heavy atom. The molecule has 0 saturated heterocycles. The minimum Gasteiger partial charge on any atom is -0.396 e. The highest BCUT2D eigenvalue weighted by Gasteiger charge is 2.63. The molecule has 4 rings (SSSR count). The Bertz CT molecular complexity index is 1370. The number of carbonyl (C=O) groups excluding carboxylic acids is 1. The summed E-state index contributed by atoms with van der Waals surface area (Å²) in [5.74, 6) is 6.14. The van der Waals surface area contributed by atoms with Crippen LogP contribution < -0.4 is 0 Å². The SMILES string of the molecule is C=C1/C=C/C=C(\[C@H]2CC[C@@]3([C@H](CCCO)/C(=C(\C)C=O)CC[C@@]3(C)O)[C@@H]2O)COCC#CC/C(CCCc2ccccc2)=C/CC1. The highest BCUT2D eigenvalue weighted by atomic mass is 16.5. The van der Waals surface area contributed by atoms with E-state index in [1.807, 2.05) is 32.1 Å². The number of carbonyl (C=O) groups is 1. The van der Waals surface area contributed by atoms with Crippen LogP contribution in [0.2, 0.25) is 0 Å². The molecule has 0 amide bonds. The van der Waals surface area contributed by atoms with Crippen LogP contribution in [0.4, 0.5) is 0 Å². The Morgan fingerprint density at radius 1 is 1.13 bits per heavy atom. The van der Waals surface area contributed by atoms with Gasteiger partial charge in [-0.15, -0.1) is 0 Å². The molecule has 2 aliphatic carbocycles. The minimum absolute atomic E-state index is 0.0288. The summed E-state index contributed by atoms with van der Waals surface area (Å²) in [6.07, 6.45) is 17.8. The summed E-state index contributed by atoms with van der Waals surface area (Å²) in [6.45, 7) is 8.64. The smallest absolute Gasteiger partial charge is 0.145 e. The van der Waals surface area contributed by atoms with Crippen LogP contribution in [0.15, 0.2) is 89.1 Å². The average molecular weight is 627 g/mol. The molecule has 1 spiro atoms. The first-order chi connectivity index (χ1) is 22.2. The first kappa shape index (κ1) is 35.8. The van der Waals surface area contributed by atoms with Gasteiger partial charge < -0.3 is 20.1 Å². The monoisotopic (exact) mass is 626 g/mol. The zero-order chi connectivity index (χ0) is 33.0. The highest BCUT2D eigenvalue weighted by Crippen LogP contribution is 2.63. The van der Waals surface area contributed by atoms with E-state index in [0.29, 0.717) is 57.3 Å². The average Bonchev–Trinajstić information content (AvgIpc) is 3.39. The molecule has 5 atom stereocenters. The predicted molar refractivity (Wildman–Crippen MR) is 186 cm³/mol. The van der Waals surface area contributed by atoms with Crippen molar-refractivity contribution >= 4 is 6.29 Å². The molecule has 3 aliphatic rings. The molecule has 0 bridgehead atoms. The van der Waals surface area contributed by atoms with E-state index in [2.05, 4.69) is 54.8 Å². The lowest BCUT2D eigenvalue weighted by molar-refractivity contribution is -0.167. The van der Waals surface area contributed by atoms with Crippen molar-refractivity contribution in [3.63, 3.8) is 0 Å². The maximum absolute atomic E-state index is 12.2. The molecular weight excluding hydrogens is 572 g/mol. The third kappa shape index (κ3) is 8.66. The molecule has 0 radical (unpaired) electrons. The molecule has 0 aromatic heterocycles. The van der Waals surface area contributed by atoms with Gasteiger partial charge in [-0.1, -0.05) is 89.8 Å². The van der Waals surface area contributed by atoms with Gasteiger partial charge in [0, 0.05) is 24.4 Å². The number of aliphatic hydroxyl groups is 3. The number of hydrogen-bond acceptors (Lipinski definition) is 5. The van der Waals surface area contributed by atoms with Gasteiger partial charge in [0.25, 0.3) is 0 Å². The molecule has 0 unspecified atom stereocenters. The quantitative estimate of drug-likeness (QED) is 0.115. The third-order valence-corrected chi connectivity index (χ3v) is 10.7. The summed E-state index contributed by atoms with van der Waals surface area (Å²) in [5, 5.41) is 33.9. The molecule has 1 aliphatic heterocycles. The molecule has 46 heavy (non-hydrogen) atoms. The van der Waals surface area contributed by atoms with Crippen LogP contribution in [0.1, 0.15) is 90.0 Å². The van der Waals surface area contributed by atoms with E-state index in [0.717, 1.165) is 61.5 Å². The number of rotatable bonds is 9. The third-order valence-electron chi connectivity index (χ3n) is 10.7. The standard InChI is InChI=1S/C41H54O5/c1-31-13-9-18-34(20-11-19-33-15-5-4-6-16-33)17-7-8-28-46-30-35(21-10-14-31)37-24-26-41(39(37)44)38(22-12-27-42)36(32(2)29-43)23-25-40(41,3)45/h4-6,10,14-16,18,21,29,37-39,42,44-45H,1,9,11-13,17,19-20,22-28,30H2,2-3H3/b14-10+,34-18-,35-21-,36-32+/t37-,38-,39-,40-,41-/m1/s1. The Labute approximate surface area is 276 Å². The molecule has 2 fully saturated rings. The van der Waals surface area contributed by atoms with Gasteiger partial charge in [-0.05, 0) is 107 Å². The molecular formula is C41H54O5. The van der Waals surface area contributed by atoms with E-state index in [9.17, 15) is 20.1 Å². The fourth-order valence-electron chi connectivity index (χ4n) is 8.17. The van der Waals surface area contributed by atoms with Crippen molar-refractivity contribution in [2.24, 2.45) is 17.3 Å². The largest absolute Gasteiger partial charge is 0.396 e. The van der Waals surface area contributed by atoms with Gasteiger partial charge in [-0.3, -0.25) is 4.79 Å². The maximum Gasteiger partial charge on any atom is 0.145 e. The van der Waals surface area contributed by atoms with E-state index in [1.165, 1.54) is 11.1 Å². The van der Waals surface area contributed by atoms with Gasteiger partial charge in [0.15, 0.2) is 0 Å². The van der Waals surface area contributed by atoms with Crippen LogP contribution in [0.3, 0.4) is 0 Å². The topological polar surface area (TPSA) is 87.0 Å². The molecule has 3 N–H and O–H groups in total. The first-order valence-electron chi connectivity index (χ1n) is 17.2. The second kappa shape index (κ2) is 17.2. The Hall–Kier alpha value is -3.01. The van der Waals surface area contributed by atoms with Gasteiger partial charge in [0.1, 0.15) is 12.9 Å². The van der Waals surface area contributed by atoms with Crippen LogP contribution in [0, 0.1) is 29.1 Å². The zero-order valence-corrected chi connectivity index (χ0v) is 28.0. The number of allylic oxidation sites excluding steroid dienone is 8. The molecule has 5 heteroatoms. The molecule has 1 heterocycles. The van der Waals surface area contributed by atoms with Gasteiger partial charge in [-0.25, -0.2) is 0 Å². The summed E-state index contributed by atoms with van der Waals surface area (Å²) in [4.78, 5) is 11.9. The molecule has 248 valence electrons. The Balaban J connectivity index is 1.51. The normalized spacial score (nSPS) is 33.4. The van der Waals surface area contributed by atoms with Gasteiger partial charge in [0.05, 0.1) is 18.3 Å². The van der Waals surface area contributed by atoms with Crippen molar-refractivity contribution in [3.8, 4) is 11.8 Å². The Kier molecular flexibility index (Phi) is 13.4. The van der Waals surface area contributed by atoms with E-state index < -0.39 is 17.1 Å². The second-order valence-corrected chi connectivity index (χ2v) is 13.7. The van der Waals surface area contributed by atoms with Crippen molar-refractivity contribution in [2.45, 2.75) is 103 Å². The molecule has 1 aromatic carbocycles. The lowest BCUT2D eigenvalue weighted by atomic mass is 9.52. The number of ether oxygens (including phenoxy) is 1. The second-order valence-electron chi connectivity index (χ2n) is 13.7. The van der Waals surface area contributed by atoms with Crippen molar-refractivity contribution in [3.05, 3.63) is 94.6 Å². The maximum atomic E-state index is 12.2. The van der Waals surface area contributed by atoms with Crippen LogP contribution in [-0.4, -0.2) is 53.1 Å². The highest BCUT2D eigenvalue weighted by molar-refractivity contribution is 5.74. The van der Waals surface area contributed by atoms with E-state index in [-0.39, 0.29) is 18.4 Å². The van der Waals surface area contributed by atoms with E-state index in [1.54, 1.807) is 0 Å². The fraction of sp³-hybridized carbons (Fsp3) is 0.537. The number of aliphatic hydroxyl groups excluding tert-OH is 2. The van der Waals surface area contributed by atoms with Crippen molar-refractivity contribution < 1.29 is 24.9 Å². The number of benzene rings is 1. The fourth-order valence-corrected chi connectivity index (χ4v) is 8.17. The lowest BCUT2D eigenvalue weighted by Crippen LogP contribution is -2.59. The summed E-state index contributed by atoms with van der Waals surface area (Å²) in [5.41, 5.74) is 4.50. The number of hydrogen-bond donors (Lipinski definition) is 3. The lowest BCUT2D eigenvalue weighted by Gasteiger charge is -2.55. The van der Waals surface area contributed by atoms with Crippen LogP contribution in [-0.2, 0) is 16.0 Å². The van der Waals surface area contributed by atoms with Gasteiger partial charge >= 0.3 is 0 Å². The first-order valence-corrected chi connectivity index (χ1v) is 17.2. The minimum atomic E-state index is -1.11. The number of aldehydes is 1. The molecule has 1 aromatic rings.